The molecule has 0 aliphatic carbocycles. The van der Waals surface area contributed by atoms with Crippen molar-refractivity contribution in [3.63, 3.8) is 0 Å². The van der Waals surface area contributed by atoms with Gasteiger partial charge in [-0.05, 0) is 42.0 Å². The van der Waals surface area contributed by atoms with Crippen LogP contribution in [0, 0.1) is 5.92 Å². The summed E-state index contributed by atoms with van der Waals surface area (Å²) in [6.45, 7) is 10.8. The van der Waals surface area contributed by atoms with Gasteiger partial charge in [-0.25, -0.2) is 0 Å². The Morgan fingerprint density at radius 3 is 2.47 bits per heavy atom. The topological polar surface area (TPSA) is 30.9 Å². The van der Waals surface area contributed by atoms with Crippen molar-refractivity contribution >= 4 is 10.9 Å². The SMILES string of the molecule is CC(C)Cn1cc(CCN)c2ccc(C(C)C)cc21. The molecule has 0 saturated carbocycles. The number of benzene rings is 1. The average molecular weight is 258 g/mol. The molecule has 0 amide bonds. The van der Waals surface area contributed by atoms with Gasteiger partial charge in [0, 0.05) is 23.6 Å². The molecule has 0 saturated heterocycles. The molecule has 2 heteroatoms. The highest BCUT2D eigenvalue weighted by Gasteiger charge is 2.10. The summed E-state index contributed by atoms with van der Waals surface area (Å²) >= 11 is 0. The third kappa shape index (κ3) is 3.01. The van der Waals surface area contributed by atoms with E-state index in [1.807, 2.05) is 0 Å². The molecule has 1 aromatic heterocycles. The first kappa shape index (κ1) is 14.1. The van der Waals surface area contributed by atoms with Crippen LogP contribution in [-0.4, -0.2) is 11.1 Å². The molecular formula is C17H26N2. The van der Waals surface area contributed by atoms with Crippen LogP contribution in [0.1, 0.15) is 44.7 Å². The molecule has 0 unspecified atom stereocenters. The van der Waals surface area contributed by atoms with Gasteiger partial charge in [-0.1, -0.05) is 39.8 Å². The van der Waals surface area contributed by atoms with E-state index in [2.05, 4.69) is 56.7 Å². The van der Waals surface area contributed by atoms with E-state index in [0.29, 0.717) is 18.4 Å². The third-order valence-electron chi connectivity index (χ3n) is 3.63. The van der Waals surface area contributed by atoms with E-state index in [1.165, 1.54) is 22.0 Å². The monoisotopic (exact) mass is 258 g/mol. The maximum absolute atomic E-state index is 5.73. The molecule has 0 atom stereocenters. The van der Waals surface area contributed by atoms with Gasteiger partial charge in [-0.15, -0.1) is 0 Å². The minimum absolute atomic E-state index is 0.574. The van der Waals surface area contributed by atoms with Gasteiger partial charge >= 0.3 is 0 Å². The Balaban J connectivity index is 2.54. The molecule has 2 nitrogen and oxygen atoms in total. The highest BCUT2D eigenvalue weighted by molar-refractivity contribution is 5.84. The first-order chi connectivity index (χ1) is 9.02. The van der Waals surface area contributed by atoms with Crippen molar-refractivity contribution in [2.75, 3.05) is 6.54 Å². The van der Waals surface area contributed by atoms with Crippen LogP contribution < -0.4 is 5.73 Å². The Bertz CT molecular complexity index is 550. The Kier molecular flexibility index (Phi) is 4.31. The molecule has 104 valence electrons. The first-order valence-corrected chi connectivity index (χ1v) is 7.34. The highest BCUT2D eigenvalue weighted by atomic mass is 15.0. The predicted molar refractivity (Wildman–Crippen MR) is 83.6 cm³/mol. The van der Waals surface area contributed by atoms with Crippen molar-refractivity contribution in [1.29, 1.82) is 0 Å². The molecule has 0 radical (unpaired) electrons. The predicted octanol–water partition coefficient (Wildman–Crippen LogP) is 3.92. The van der Waals surface area contributed by atoms with Crippen LogP contribution >= 0.6 is 0 Å². The summed E-state index contributed by atoms with van der Waals surface area (Å²) in [5.74, 6) is 1.23. The number of hydrogen-bond donors (Lipinski definition) is 1. The van der Waals surface area contributed by atoms with Crippen molar-refractivity contribution in [2.45, 2.75) is 46.6 Å². The van der Waals surface area contributed by atoms with E-state index in [0.717, 1.165) is 13.0 Å². The summed E-state index contributed by atoms with van der Waals surface area (Å²) in [5, 5.41) is 1.37. The zero-order valence-corrected chi connectivity index (χ0v) is 12.6. The molecule has 2 N–H and O–H groups in total. The van der Waals surface area contributed by atoms with Crippen molar-refractivity contribution < 1.29 is 0 Å². The number of nitrogens with zero attached hydrogens (tertiary/aromatic N) is 1. The van der Waals surface area contributed by atoms with Gasteiger partial charge in [0.1, 0.15) is 0 Å². The fraction of sp³-hybridized carbons (Fsp3) is 0.529. The number of rotatable bonds is 5. The van der Waals surface area contributed by atoms with Crippen molar-refractivity contribution in [1.82, 2.24) is 4.57 Å². The molecule has 1 aromatic carbocycles. The van der Waals surface area contributed by atoms with Crippen molar-refractivity contribution in [2.24, 2.45) is 11.7 Å². The van der Waals surface area contributed by atoms with Crippen LogP contribution in [-0.2, 0) is 13.0 Å². The quantitative estimate of drug-likeness (QED) is 0.865. The van der Waals surface area contributed by atoms with Crippen LogP contribution in [0.25, 0.3) is 10.9 Å². The van der Waals surface area contributed by atoms with E-state index in [1.54, 1.807) is 0 Å². The van der Waals surface area contributed by atoms with Gasteiger partial charge in [-0.2, -0.15) is 0 Å². The smallest absolute Gasteiger partial charge is 0.0486 e. The molecule has 0 aliphatic heterocycles. The van der Waals surface area contributed by atoms with E-state index in [4.69, 9.17) is 5.73 Å². The molecular weight excluding hydrogens is 232 g/mol. The number of nitrogens with two attached hydrogens (primary N) is 1. The van der Waals surface area contributed by atoms with Gasteiger partial charge in [0.05, 0.1) is 0 Å². The standard InChI is InChI=1S/C17H26N2/c1-12(2)10-19-11-15(7-8-18)16-6-5-14(13(3)4)9-17(16)19/h5-6,9,11-13H,7-8,10,18H2,1-4H3. The lowest BCUT2D eigenvalue weighted by molar-refractivity contribution is 0.534. The van der Waals surface area contributed by atoms with Crippen LogP contribution in [0.3, 0.4) is 0 Å². The zero-order chi connectivity index (χ0) is 14.0. The lowest BCUT2D eigenvalue weighted by Gasteiger charge is -2.10. The highest BCUT2D eigenvalue weighted by Crippen LogP contribution is 2.26. The van der Waals surface area contributed by atoms with E-state index in [9.17, 15) is 0 Å². The number of fused-ring (bicyclic) bond motifs is 1. The fourth-order valence-electron chi connectivity index (χ4n) is 2.64. The number of hydrogen-bond acceptors (Lipinski definition) is 1. The Morgan fingerprint density at radius 1 is 1.16 bits per heavy atom. The lowest BCUT2D eigenvalue weighted by atomic mass is 10.0. The molecule has 19 heavy (non-hydrogen) atoms. The summed E-state index contributed by atoms with van der Waals surface area (Å²) in [6.07, 6.45) is 3.25. The maximum atomic E-state index is 5.73. The normalized spacial score (nSPS) is 11.9. The summed E-state index contributed by atoms with van der Waals surface area (Å²) in [7, 11) is 0. The first-order valence-electron chi connectivity index (χ1n) is 7.34. The second-order valence-electron chi connectivity index (χ2n) is 6.17. The van der Waals surface area contributed by atoms with Crippen LogP contribution in [0.15, 0.2) is 24.4 Å². The third-order valence-corrected chi connectivity index (χ3v) is 3.63. The molecule has 0 fully saturated rings. The second kappa shape index (κ2) is 5.79. The molecule has 0 spiro atoms. The molecule has 2 rings (SSSR count). The van der Waals surface area contributed by atoms with Crippen LogP contribution in [0.4, 0.5) is 0 Å². The van der Waals surface area contributed by atoms with Crippen molar-refractivity contribution in [3.05, 3.63) is 35.5 Å². The van der Waals surface area contributed by atoms with Crippen LogP contribution in [0.5, 0.6) is 0 Å². The summed E-state index contributed by atoms with van der Waals surface area (Å²) in [5.41, 5.74) is 9.89. The summed E-state index contributed by atoms with van der Waals surface area (Å²) in [4.78, 5) is 0. The number of aromatic nitrogens is 1. The minimum atomic E-state index is 0.574. The largest absolute Gasteiger partial charge is 0.347 e. The van der Waals surface area contributed by atoms with E-state index in [-0.39, 0.29) is 0 Å². The van der Waals surface area contributed by atoms with Gasteiger partial charge in [0.2, 0.25) is 0 Å². The maximum Gasteiger partial charge on any atom is 0.0486 e. The molecule has 0 aliphatic rings. The van der Waals surface area contributed by atoms with Gasteiger partial charge in [-0.3, -0.25) is 0 Å². The molecule has 0 bridgehead atoms. The Labute approximate surface area is 116 Å². The van der Waals surface area contributed by atoms with Crippen molar-refractivity contribution in [3.8, 4) is 0 Å². The van der Waals surface area contributed by atoms with E-state index < -0.39 is 0 Å². The summed E-state index contributed by atoms with van der Waals surface area (Å²) in [6, 6.07) is 6.88. The van der Waals surface area contributed by atoms with E-state index >= 15 is 0 Å². The Morgan fingerprint density at radius 2 is 1.89 bits per heavy atom. The summed E-state index contributed by atoms with van der Waals surface area (Å²) < 4.78 is 2.40. The zero-order valence-electron chi connectivity index (χ0n) is 12.6. The molecule has 2 aromatic rings. The minimum Gasteiger partial charge on any atom is -0.347 e. The fourth-order valence-corrected chi connectivity index (χ4v) is 2.64. The van der Waals surface area contributed by atoms with Gasteiger partial charge < -0.3 is 10.3 Å². The second-order valence-corrected chi connectivity index (χ2v) is 6.17. The van der Waals surface area contributed by atoms with Gasteiger partial charge in [0.15, 0.2) is 0 Å². The Hall–Kier alpha value is -1.28. The lowest BCUT2D eigenvalue weighted by Crippen LogP contribution is -2.04. The molecule has 1 heterocycles. The van der Waals surface area contributed by atoms with Gasteiger partial charge in [0.25, 0.3) is 0 Å². The van der Waals surface area contributed by atoms with Crippen LogP contribution in [0.2, 0.25) is 0 Å². The average Bonchev–Trinajstić information content (AvgIpc) is 2.67.